The molecule has 1 aromatic carbocycles. The number of urea groups is 1. The normalized spacial score (nSPS) is 21.0. The van der Waals surface area contributed by atoms with Gasteiger partial charge in [-0.25, -0.2) is 4.79 Å². The second-order valence-electron chi connectivity index (χ2n) is 5.61. The molecule has 1 saturated carbocycles. The molecular formula is C16H21IN2O3. The van der Waals surface area contributed by atoms with Gasteiger partial charge in [0.2, 0.25) is 0 Å². The van der Waals surface area contributed by atoms with Crippen molar-refractivity contribution in [1.29, 1.82) is 0 Å². The first-order valence-electron chi connectivity index (χ1n) is 7.54. The van der Waals surface area contributed by atoms with Gasteiger partial charge in [0.1, 0.15) is 5.75 Å². The van der Waals surface area contributed by atoms with Crippen LogP contribution in [0.15, 0.2) is 24.3 Å². The molecule has 1 aliphatic rings. The lowest BCUT2D eigenvalue weighted by Gasteiger charge is -2.29. The fraction of sp³-hybridized carbons (Fsp3) is 0.500. The number of hydrogen-bond acceptors (Lipinski definition) is 3. The summed E-state index contributed by atoms with van der Waals surface area (Å²) in [6.45, 7) is 1.96. The lowest BCUT2D eigenvalue weighted by Crippen LogP contribution is -2.48. The van der Waals surface area contributed by atoms with Gasteiger partial charge in [0.15, 0.2) is 6.61 Å². The zero-order valence-corrected chi connectivity index (χ0v) is 14.8. The molecule has 2 N–H and O–H groups in total. The van der Waals surface area contributed by atoms with E-state index in [1.165, 1.54) is 6.42 Å². The van der Waals surface area contributed by atoms with E-state index in [0.717, 1.165) is 22.8 Å². The van der Waals surface area contributed by atoms with Crippen molar-refractivity contribution in [2.24, 2.45) is 5.92 Å². The summed E-state index contributed by atoms with van der Waals surface area (Å²) in [4.78, 5) is 23.6. The van der Waals surface area contributed by atoms with Crippen LogP contribution in [0.4, 0.5) is 4.79 Å². The van der Waals surface area contributed by atoms with Crippen molar-refractivity contribution in [3.05, 3.63) is 27.8 Å². The summed E-state index contributed by atoms with van der Waals surface area (Å²) in [5.41, 5.74) is 0. The van der Waals surface area contributed by atoms with E-state index in [2.05, 4.69) is 40.1 Å². The van der Waals surface area contributed by atoms with Gasteiger partial charge in [-0.3, -0.25) is 10.1 Å². The van der Waals surface area contributed by atoms with E-state index >= 15 is 0 Å². The molecule has 6 heteroatoms. The summed E-state index contributed by atoms with van der Waals surface area (Å²) in [6.07, 6.45) is 4.43. The molecule has 0 bridgehead atoms. The van der Waals surface area contributed by atoms with Crippen molar-refractivity contribution < 1.29 is 14.3 Å². The number of amides is 3. The minimum atomic E-state index is -0.444. The zero-order valence-electron chi connectivity index (χ0n) is 12.6. The number of carbonyl (C=O) groups is 2. The summed E-state index contributed by atoms with van der Waals surface area (Å²) in [7, 11) is 0. The highest BCUT2D eigenvalue weighted by Crippen LogP contribution is 2.23. The Morgan fingerprint density at radius 2 is 2.00 bits per heavy atom. The monoisotopic (exact) mass is 416 g/mol. The van der Waals surface area contributed by atoms with Crippen LogP contribution in [-0.4, -0.2) is 24.6 Å². The Balaban J connectivity index is 1.74. The molecule has 1 fully saturated rings. The SMILES string of the molecule is CC1CCCCC1NC(=O)NC(=O)COc1ccccc1I. The van der Waals surface area contributed by atoms with Gasteiger partial charge in [0.05, 0.1) is 3.57 Å². The second-order valence-corrected chi connectivity index (χ2v) is 6.77. The summed E-state index contributed by atoms with van der Waals surface area (Å²) in [6, 6.07) is 7.14. The van der Waals surface area contributed by atoms with Gasteiger partial charge in [0, 0.05) is 6.04 Å². The number of nitrogens with one attached hydrogen (secondary N) is 2. The van der Waals surface area contributed by atoms with Gasteiger partial charge in [-0.15, -0.1) is 0 Å². The minimum Gasteiger partial charge on any atom is -0.483 e. The molecule has 1 aromatic rings. The molecule has 2 unspecified atom stereocenters. The first-order chi connectivity index (χ1) is 10.6. The van der Waals surface area contributed by atoms with Gasteiger partial charge >= 0.3 is 6.03 Å². The van der Waals surface area contributed by atoms with Gasteiger partial charge < -0.3 is 10.1 Å². The molecule has 120 valence electrons. The van der Waals surface area contributed by atoms with Gasteiger partial charge in [-0.05, 0) is 53.5 Å². The lowest BCUT2D eigenvalue weighted by molar-refractivity contribution is -0.122. The topological polar surface area (TPSA) is 67.4 Å². The van der Waals surface area contributed by atoms with E-state index < -0.39 is 11.9 Å². The lowest BCUT2D eigenvalue weighted by atomic mass is 9.86. The number of benzene rings is 1. The second kappa shape index (κ2) is 8.36. The molecule has 5 nitrogen and oxygen atoms in total. The molecular weight excluding hydrogens is 395 g/mol. The van der Waals surface area contributed by atoms with Crippen LogP contribution in [0.1, 0.15) is 32.6 Å². The van der Waals surface area contributed by atoms with E-state index in [-0.39, 0.29) is 12.6 Å². The van der Waals surface area contributed by atoms with E-state index in [9.17, 15) is 9.59 Å². The minimum absolute atomic E-state index is 0.151. The number of halogens is 1. The highest BCUT2D eigenvalue weighted by molar-refractivity contribution is 14.1. The average molecular weight is 416 g/mol. The standard InChI is InChI=1S/C16H21IN2O3/c1-11-6-2-4-8-13(11)18-16(21)19-15(20)10-22-14-9-5-3-7-12(14)17/h3,5,7,9,11,13H,2,4,6,8,10H2,1H3,(H2,18,19,20,21). The molecule has 1 aliphatic carbocycles. The first kappa shape index (κ1) is 17.1. The van der Waals surface area contributed by atoms with Crippen molar-refractivity contribution in [3.63, 3.8) is 0 Å². The highest BCUT2D eigenvalue weighted by atomic mass is 127. The van der Waals surface area contributed by atoms with E-state index in [4.69, 9.17) is 4.74 Å². The van der Waals surface area contributed by atoms with Gasteiger partial charge in [-0.2, -0.15) is 0 Å². The highest BCUT2D eigenvalue weighted by Gasteiger charge is 2.23. The predicted molar refractivity (Wildman–Crippen MR) is 92.7 cm³/mol. The van der Waals surface area contributed by atoms with Gasteiger partial charge in [0.25, 0.3) is 5.91 Å². The smallest absolute Gasteiger partial charge is 0.321 e. The third-order valence-electron chi connectivity index (χ3n) is 3.88. The molecule has 2 atom stereocenters. The predicted octanol–water partition coefficient (Wildman–Crippen LogP) is 3.07. The van der Waals surface area contributed by atoms with E-state index in [1.807, 2.05) is 18.2 Å². The maximum Gasteiger partial charge on any atom is 0.321 e. The quantitative estimate of drug-likeness (QED) is 0.742. The number of hydrogen-bond donors (Lipinski definition) is 2. The van der Waals surface area contributed by atoms with Crippen molar-refractivity contribution in [2.45, 2.75) is 38.6 Å². The first-order valence-corrected chi connectivity index (χ1v) is 8.62. The molecule has 0 saturated heterocycles. The maximum atomic E-state index is 11.8. The Bertz CT molecular complexity index is 536. The molecule has 0 spiro atoms. The summed E-state index contributed by atoms with van der Waals surface area (Å²) in [5.74, 6) is 0.650. The Labute approximate surface area is 144 Å². The summed E-state index contributed by atoms with van der Waals surface area (Å²) in [5, 5.41) is 5.20. The molecule has 0 heterocycles. The van der Waals surface area contributed by atoms with E-state index in [1.54, 1.807) is 6.07 Å². The number of para-hydroxylation sites is 1. The van der Waals surface area contributed by atoms with Crippen molar-refractivity contribution in [1.82, 2.24) is 10.6 Å². The summed E-state index contributed by atoms with van der Waals surface area (Å²) < 4.78 is 6.34. The van der Waals surface area contributed by atoms with E-state index in [0.29, 0.717) is 11.7 Å². The number of ether oxygens (including phenoxy) is 1. The van der Waals surface area contributed by atoms with Crippen LogP contribution in [0.3, 0.4) is 0 Å². The summed E-state index contributed by atoms with van der Waals surface area (Å²) >= 11 is 2.14. The van der Waals surface area contributed by atoms with Gasteiger partial charge in [-0.1, -0.05) is 31.9 Å². The largest absolute Gasteiger partial charge is 0.483 e. The third-order valence-corrected chi connectivity index (χ3v) is 4.77. The molecule has 0 radical (unpaired) electrons. The van der Waals surface area contributed by atoms with Crippen LogP contribution in [-0.2, 0) is 4.79 Å². The molecule has 0 aromatic heterocycles. The van der Waals surface area contributed by atoms with Crippen molar-refractivity contribution >= 4 is 34.5 Å². The van der Waals surface area contributed by atoms with Crippen LogP contribution < -0.4 is 15.4 Å². The fourth-order valence-electron chi connectivity index (χ4n) is 2.60. The number of imide groups is 1. The van der Waals surface area contributed by atoms with Crippen molar-refractivity contribution in [2.75, 3.05) is 6.61 Å². The third kappa shape index (κ3) is 5.15. The Morgan fingerprint density at radius 1 is 1.27 bits per heavy atom. The zero-order chi connectivity index (χ0) is 15.9. The Hall–Kier alpha value is -1.31. The van der Waals surface area contributed by atoms with Crippen LogP contribution in [0.25, 0.3) is 0 Å². The average Bonchev–Trinajstić information content (AvgIpc) is 2.49. The number of rotatable bonds is 4. The Morgan fingerprint density at radius 3 is 2.73 bits per heavy atom. The fourth-order valence-corrected chi connectivity index (χ4v) is 3.15. The molecule has 3 amide bonds. The van der Waals surface area contributed by atoms with Crippen molar-refractivity contribution in [3.8, 4) is 5.75 Å². The molecule has 0 aliphatic heterocycles. The molecule has 22 heavy (non-hydrogen) atoms. The van der Waals surface area contributed by atoms with Crippen LogP contribution in [0.2, 0.25) is 0 Å². The maximum absolute atomic E-state index is 11.8. The molecule has 2 rings (SSSR count). The number of carbonyl (C=O) groups excluding carboxylic acids is 2. The van der Waals surface area contributed by atoms with Crippen LogP contribution >= 0.6 is 22.6 Å². The van der Waals surface area contributed by atoms with Crippen LogP contribution in [0, 0.1) is 9.49 Å². The Kier molecular flexibility index (Phi) is 6.48. The van der Waals surface area contributed by atoms with Crippen LogP contribution in [0.5, 0.6) is 5.75 Å².